The molecule has 2 aromatic carbocycles. The molecule has 1 unspecified atom stereocenters. The summed E-state index contributed by atoms with van der Waals surface area (Å²) in [7, 11) is 1.60. The molecule has 6 nitrogen and oxygen atoms in total. The second-order valence-electron chi connectivity index (χ2n) is 5.27. The highest BCUT2D eigenvalue weighted by atomic mass is 16.5. The number of primary amides is 1. The molecule has 0 heterocycles. The maximum Gasteiger partial charge on any atom is 0.248 e. The van der Waals surface area contributed by atoms with Crippen molar-refractivity contribution in [3.8, 4) is 11.5 Å². The van der Waals surface area contributed by atoms with E-state index in [0.29, 0.717) is 11.3 Å². The highest BCUT2D eigenvalue weighted by Crippen LogP contribution is 2.14. The molecule has 0 aliphatic rings. The quantitative estimate of drug-likeness (QED) is 0.598. The Morgan fingerprint density at radius 3 is 2.48 bits per heavy atom. The van der Waals surface area contributed by atoms with Crippen LogP contribution >= 0.6 is 0 Å². The number of amides is 2. The highest BCUT2D eigenvalue weighted by Gasteiger charge is 2.08. The van der Waals surface area contributed by atoms with Gasteiger partial charge >= 0.3 is 0 Å². The number of benzene rings is 2. The van der Waals surface area contributed by atoms with Gasteiger partial charge in [-0.1, -0.05) is 18.2 Å². The first-order valence-electron chi connectivity index (χ1n) is 7.67. The van der Waals surface area contributed by atoms with Gasteiger partial charge in [0.05, 0.1) is 7.11 Å². The maximum atomic E-state index is 11.9. The van der Waals surface area contributed by atoms with Crippen LogP contribution in [0.4, 0.5) is 0 Å². The molecule has 0 aliphatic carbocycles. The van der Waals surface area contributed by atoms with Gasteiger partial charge in [0.15, 0.2) is 6.23 Å². The largest absolute Gasteiger partial charge is 0.497 e. The van der Waals surface area contributed by atoms with Crippen molar-refractivity contribution >= 4 is 17.9 Å². The van der Waals surface area contributed by atoms with Gasteiger partial charge in [0.2, 0.25) is 11.8 Å². The van der Waals surface area contributed by atoms with E-state index in [4.69, 9.17) is 15.2 Å². The first kappa shape index (κ1) is 18.1. The molecule has 2 aromatic rings. The lowest BCUT2D eigenvalue weighted by Crippen LogP contribution is -2.35. The molecule has 0 aromatic heterocycles. The fraction of sp³-hybridized carbons (Fsp3) is 0.158. The normalized spacial score (nSPS) is 11.8. The lowest BCUT2D eigenvalue weighted by atomic mass is 10.2. The Hall–Kier alpha value is -3.28. The summed E-state index contributed by atoms with van der Waals surface area (Å²) in [6.45, 7) is 1.69. The summed E-state index contributed by atoms with van der Waals surface area (Å²) in [6.07, 6.45) is 2.53. The summed E-state index contributed by atoms with van der Waals surface area (Å²) >= 11 is 0. The van der Waals surface area contributed by atoms with Gasteiger partial charge in [0.25, 0.3) is 0 Å². The summed E-state index contributed by atoms with van der Waals surface area (Å²) in [5.41, 5.74) is 6.44. The van der Waals surface area contributed by atoms with E-state index in [0.717, 1.165) is 11.3 Å². The zero-order chi connectivity index (χ0) is 18.2. The molecule has 3 N–H and O–H groups in total. The average Bonchev–Trinajstić information content (AvgIpc) is 2.60. The Labute approximate surface area is 146 Å². The maximum absolute atomic E-state index is 11.9. The molecule has 0 saturated carbocycles. The topological polar surface area (TPSA) is 90.7 Å². The number of hydrogen-bond donors (Lipinski definition) is 2. The highest BCUT2D eigenvalue weighted by molar-refractivity contribution is 5.93. The van der Waals surface area contributed by atoms with Gasteiger partial charge in [-0.15, -0.1) is 0 Å². The first-order valence-corrected chi connectivity index (χ1v) is 7.67. The molecule has 0 saturated heterocycles. The van der Waals surface area contributed by atoms with Crippen LogP contribution in [0, 0.1) is 0 Å². The van der Waals surface area contributed by atoms with Crippen LogP contribution in [0.1, 0.15) is 22.8 Å². The third-order valence-corrected chi connectivity index (χ3v) is 3.32. The Morgan fingerprint density at radius 1 is 1.12 bits per heavy atom. The van der Waals surface area contributed by atoms with Crippen molar-refractivity contribution in [3.63, 3.8) is 0 Å². The van der Waals surface area contributed by atoms with Crippen molar-refractivity contribution in [3.05, 3.63) is 65.7 Å². The van der Waals surface area contributed by atoms with Gasteiger partial charge in [-0.05, 0) is 48.9 Å². The molecule has 2 rings (SSSR count). The Kier molecular flexibility index (Phi) is 6.17. The predicted molar refractivity (Wildman–Crippen MR) is 95.2 cm³/mol. The molecule has 0 bridgehead atoms. The van der Waals surface area contributed by atoms with Crippen LogP contribution in [0.25, 0.3) is 6.08 Å². The molecule has 6 heteroatoms. The van der Waals surface area contributed by atoms with Crippen LogP contribution in [-0.4, -0.2) is 25.2 Å². The Balaban J connectivity index is 1.89. The summed E-state index contributed by atoms with van der Waals surface area (Å²) in [4.78, 5) is 23.1. The fourth-order valence-electron chi connectivity index (χ4n) is 2.09. The van der Waals surface area contributed by atoms with E-state index in [1.807, 2.05) is 24.3 Å². The number of rotatable bonds is 7. The number of carbonyl (C=O) groups is 2. The summed E-state index contributed by atoms with van der Waals surface area (Å²) < 4.78 is 10.6. The third kappa shape index (κ3) is 5.69. The number of nitrogens with two attached hydrogens (primary N) is 1. The van der Waals surface area contributed by atoms with E-state index < -0.39 is 12.1 Å². The van der Waals surface area contributed by atoms with Gasteiger partial charge in [0, 0.05) is 11.6 Å². The molecule has 2 amide bonds. The Bertz CT molecular complexity index is 769. The van der Waals surface area contributed by atoms with E-state index in [1.165, 1.54) is 12.1 Å². The summed E-state index contributed by atoms with van der Waals surface area (Å²) in [6, 6.07) is 13.8. The monoisotopic (exact) mass is 340 g/mol. The zero-order valence-electron chi connectivity index (χ0n) is 14.1. The van der Waals surface area contributed by atoms with Gasteiger partial charge in [0.1, 0.15) is 11.5 Å². The van der Waals surface area contributed by atoms with Crippen molar-refractivity contribution in [1.82, 2.24) is 5.32 Å². The van der Waals surface area contributed by atoms with Crippen molar-refractivity contribution in [2.45, 2.75) is 13.2 Å². The van der Waals surface area contributed by atoms with Crippen molar-refractivity contribution in [1.29, 1.82) is 0 Å². The van der Waals surface area contributed by atoms with Crippen molar-refractivity contribution < 1.29 is 19.1 Å². The predicted octanol–water partition coefficient (Wildman–Crippen LogP) is 2.35. The van der Waals surface area contributed by atoms with Gasteiger partial charge < -0.3 is 20.5 Å². The van der Waals surface area contributed by atoms with Gasteiger partial charge in [-0.3, -0.25) is 9.59 Å². The molecular weight excluding hydrogens is 320 g/mol. The van der Waals surface area contributed by atoms with Gasteiger partial charge in [-0.25, -0.2) is 0 Å². The molecule has 0 spiro atoms. The SMILES string of the molecule is COc1ccc(C=CC(=O)NC(C)Oc2cccc(C(N)=O)c2)cc1. The molecule has 130 valence electrons. The van der Waals surface area contributed by atoms with Crippen LogP contribution in [0.3, 0.4) is 0 Å². The minimum absolute atomic E-state index is 0.297. The van der Waals surface area contributed by atoms with Crippen LogP contribution in [0.5, 0.6) is 11.5 Å². The molecule has 0 radical (unpaired) electrons. The first-order chi connectivity index (χ1) is 12.0. The van der Waals surface area contributed by atoms with E-state index in [-0.39, 0.29) is 5.91 Å². The number of hydrogen-bond acceptors (Lipinski definition) is 4. The van der Waals surface area contributed by atoms with E-state index >= 15 is 0 Å². The second kappa shape index (κ2) is 8.54. The minimum atomic E-state index is -0.573. The standard InChI is InChI=1S/C19H20N2O4/c1-13(25-17-5-3-4-15(12-17)19(20)23)21-18(22)11-8-14-6-9-16(24-2)10-7-14/h3-13H,1-2H3,(H2,20,23)(H,21,22). The third-order valence-electron chi connectivity index (χ3n) is 3.32. The molecule has 25 heavy (non-hydrogen) atoms. The van der Waals surface area contributed by atoms with Crippen LogP contribution in [-0.2, 0) is 4.79 Å². The van der Waals surface area contributed by atoms with Crippen LogP contribution < -0.4 is 20.5 Å². The van der Waals surface area contributed by atoms with E-state index in [2.05, 4.69) is 5.32 Å². The zero-order valence-corrected chi connectivity index (χ0v) is 14.1. The number of methoxy groups -OCH3 is 1. The molecule has 1 atom stereocenters. The Morgan fingerprint density at radius 2 is 1.84 bits per heavy atom. The second-order valence-corrected chi connectivity index (χ2v) is 5.27. The van der Waals surface area contributed by atoms with Crippen LogP contribution in [0.15, 0.2) is 54.6 Å². The summed E-state index contributed by atoms with van der Waals surface area (Å²) in [5.74, 6) is 0.365. The lowest BCUT2D eigenvalue weighted by Gasteiger charge is -2.15. The minimum Gasteiger partial charge on any atom is -0.497 e. The average molecular weight is 340 g/mol. The fourth-order valence-corrected chi connectivity index (χ4v) is 2.09. The molecule has 0 aliphatic heterocycles. The van der Waals surface area contributed by atoms with Gasteiger partial charge in [-0.2, -0.15) is 0 Å². The number of nitrogens with one attached hydrogen (secondary N) is 1. The van der Waals surface area contributed by atoms with E-state index in [9.17, 15) is 9.59 Å². The van der Waals surface area contributed by atoms with E-state index in [1.54, 1.807) is 38.3 Å². The van der Waals surface area contributed by atoms with Crippen molar-refractivity contribution in [2.75, 3.05) is 7.11 Å². The van der Waals surface area contributed by atoms with Crippen molar-refractivity contribution in [2.24, 2.45) is 5.73 Å². The summed E-state index contributed by atoms with van der Waals surface area (Å²) in [5, 5.41) is 2.68. The number of ether oxygens (including phenoxy) is 2. The molecule has 0 fully saturated rings. The molecular formula is C19H20N2O4. The lowest BCUT2D eigenvalue weighted by molar-refractivity contribution is -0.118. The van der Waals surface area contributed by atoms with Crippen LogP contribution in [0.2, 0.25) is 0 Å². The number of carbonyl (C=O) groups excluding carboxylic acids is 2. The smallest absolute Gasteiger partial charge is 0.248 e.